The molecule has 0 saturated carbocycles. The van der Waals surface area contributed by atoms with Gasteiger partial charge in [-0.15, -0.1) is 0 Å². The number of benzene rings is 2. The van der Waals surface area contributed by atoms with E-state index in [2.05, 4.69) is 22.0 Å². The summed E-state index contributed by atoms with van der Waals surface area (Å²) in [6.45, 7) is 6.50. The molecule has 39 heavy (non-hydrogen) atoms. The lowest BCUT2D eigenvalue weighted by Gasteiger charge is -2.38. The Bertz CT molecular complexity index is 1390. The van der Waals surface area contributed by atoms with Crippen LogP contribution in [0.4, 0.5) is 0 Å². The number of oxazole rings is 1. The van der Waals surface area contributed by atoms with Gasteiger partial charge in [0.1, 0.15) is 12.0 Å². The molecule has 0 unspecified atom stereocenters. The van der Waals surface area contributed by atoms with Crippen LogP contribution in [0.25, 0.3) is 0 Å². The molecule has 1 fully saturated rings. The summed E-state index contributed by atoms with van der Waals surface area (Å²) in [6, 6.07) is 11.5. The van der Waals surface area contributed by atoms with Gasteiger partial charge in [0.05, 0.1) is 24.7 Å². The number of hydrogen-bond donors (Lipinski definition) is 0. The molecular weight excluding hydrogens is 520 g/mol. The van der Waals surface area contributed by atoms with Gasteiger partial charge in [-0.25, -0.2) is 13.4 Å². The quantitative estimate of drug-likeness (QED) is 0.355. The Morgan fingerprint density at radius 1 is 1.05 bits per heavy atom. The number of likely N-dealkylation sites (tertiary alicyclic amines) is 1. The summed E-state index contributed by atoms with van der Waals surface area (Å²) in [7, 11) is 2.60. The van der Waals surface area contributed by atoms with Gasteiger partial charge >= 0.3 is 0 Å². The number of methoxy groups -OCH3 is 2. The fourth-order valence-electron chi connectivity index (χ4n) is 4.70. The van der Waals surface area contributed by atoms with Crippen LogP contribution in [0.2, 0.25) is 0 Å². The maximum absolute atomic E-state index is 13.3. The number of carbonyl (C=O) groups excluding carboxylic acids is 1. The molecular formula is C28H36N4O6S. The van der Waals surface area contributed by atoms with E-state index in [4.69, 9.17) is 13.9 Å². The number of amides is 1. The number of carbonyl (C=O) groups is 1. The fraction of sp³-hybridized carbons (Fsp3) is 0.429. The van der Waals surface area contributed by atoms with Gasteiger partial charge in [-0.2, -0.15) is 4.31 Å². The highest BCUT2D eigenvalue weighted by molar-refractivity contribution is 7.89. The first kappa shape index (κ1) is 28.8. The van der Waals surface area contributed by atoms with Crippen molar-refractivity contribution in [3.05, 3.63) is 76.5 Å². The standard InChI is InChI=1S/C28H36N4O6S/c1-19-11-23(36-5)12-20(2)27(19)39(34,35)31(4)17-26-29-25(18-38-26)28(33)30(3)13-21-7-9-22(10-8-21)14-32-15-24(16-32)37-6/h7-12,18,24H,13-17H2,1-6H3. The zero-order valence-electron chi connectivity index (χ0n) is 23.3. The normalized spacial score (nSPS) is 14.4. The smallest absolute Gasteiger partial charge is 0.275 e. The van der Waals surface area contributed by atoms with Crippen LogP contribution in [-0.2, 0) is 34.4 Å². The van der Waals surface area contributed by atoms with Crippen molar-refractivity contribution in [3.8, 4) is 5.75 Å². The molecule has 0 atom stereocenters. The minimum Gasteiger partial charge on any atom is -0.497 e. The summed E-state index contributed by atoms with van der Waals surface area (Å²) in [5.74, 6) is 0.412. The van der Waals surface area contributed by atoms with Gasteiger partial charge in [-0.3, -0.25) is 9.69 Å². The van der Waals surface area contributed by atoms with Crippen molar-refractivity contribution in [3.63, 3.8) is 0 Å². The van der Waals surface area contributed by atoms with Gasteiger partial charge in [0.25, 0.3) is 5.91 Å². The zero-order chi connectivity index (χ0) is 28.3. The fourth-order valence-corrected chi connectivity index (χ4v) is 6.22. The Morgan fingerprint density at radius 2 is 1.67 bits per heavy atom. The molecule has 2 heterocycles. The summed E-state index contributed by atoms with van der Waals surface area (Å²) in [5.41, 5.74) is 3.49. The van der Waals surface area contributed by atoms with E-state index in [-0.39, 0.29) is 28.9 Å². The van der Waals surface area contributed by atoms with Crippen LogP contribution in [0.15, 0.2) is 52.0 Å². The molecule has 2 aromatic carbocycles. The van der Waals surface area contributed by atoms with Crippen LogP contribution in [0.3, 0.4) is 0 Å². The lowest BCUT2D eigenvalue weighted by molar-refractivity contribution is -0.0334. The Hall–Kier alpha value is -3.25. The van der Waals surface area contributed by atoms with E-state index in [0.717, 1.165) is 29.5 Å². The Labute approximate surface area is 230 Å². The molecule has 1 amide bonds. The van der Waals surface area contributed by atoms with Crippen molar-refractivity contribution in [1.29, 1.82) is 0 Å². The van der Waals surface area contributed by atoms with Crippen LogP contribution in [0.1, 0.15) is 38.6 Å². The third kappa shape index (κ3) is 6.50. The van der Waals surface area contributed by atoms with E-state index >= 15 is 0 Å². The van der Waals surface area contributed by atoms with Gasteiger partial charge in [0.15, 0.2) is 5.69 Å². The van der Waals surface area contributed by atoms with Crippen molar-refractivity contribution in [2.45, 2.75) is 44.5 Å². The molecule has 210 valence electrons. The molecule has 4 rings (SSSR count). The Morgan fingerprint density at radius 3 is 2.26 bits per heavy atom. The second-order valence-electron chi connectivity index (χ2n) is 10.0. The van der Waals surface area contributed by atoms with Crippen LogP contribution in [-0.4, -0.2) is 80.9 Å². The molecule has 0 aliphatic carbocycles. The molecule has 0 radical (unpaired) electrons. The first-order chi connectivity index (χ1) is 18.5. The predicted octanol–water partition coefficient (Wildman–Crippen LogP) is 3.22. The Balaban J connectivity index is 1.35. The maximum atomic E-state index is 13.3. The van der Waals surface area contributed by atoms with E-state index in [1.165, 1.54) is 26.0 Å². The summed E-state index contributed by atoms with van der Waals surface area (Å²) in [5, 5.41) is 0. The van der Waals surface area contributed by atoms with E-state index in [9.17, 15) is 13.2 Å². The first-order valence-electron chi connectivity index (χ1n) is 12.7. The van der Waals surface area contributed by atoms with Crippen molar-refractivity contribution in [2.75, 3.05) is 41.4 Å². The number of sulfonamides is 1. The third-order valence-corrected chi connectivity index (χ3v) is 9.03. The number of nitrogens with zero attached hydrogens (tertiary/aromatic N) is 4. The molecule has 0 spiro atoms. The predicted molar refractivity (Wildman–Crippen MR) is 146 cm³/mol. The van der Waals surface area contributed by atoms with Gasteiger partial charge in [-0.1, -0.05) is 24.3 Å². The molecule has 10 nitrogen and oxygen atoms in total. The van der Waals surface area contributed by atoms with E-state index in [1.807, 2.05) is 12.1 Å². The average molecular weight is 557 g/mol. The monoisotopic (exact) mass is 556 g/mol. The molecule has 0 N–H and O–H groups in total. The molecule has 1 aliphatic heterocycles. The number of ether oxygens (including phenoxy) is 2. The number of aromatic nitrogens is 1. The van der Waals surface area contributed by atoms with Crippen molar-refractivity contribution in [1.82, 2.24) is 19.1 Å². The van der Waals surface area contributed by atoms with Crippen molar-refractivity contribution < 1.29 is 27.1 Å². The van der Waals surface area contributed by atoms with Gasteiger partial charge in [0, 0.05) is 47.4 Å². The summed E-state index contributed by atoms with van der Waals surface area (Å²) in [6.07, 6.45) is 1.59. The first-order valence-corrected chi connectivity index (χ1v) is 14.1. The lowest BCUT2D eigenvalue weighted by atomic mass is 10.1. The second-order valence-corrected chi connectivity index (χ2v) is 12.0. The molecule has 1 saturated heterocycles. The number of aryl methyl sites for hydroxylation is 2. The van der Waals surface area contributed by atoms with Crippen LogP contribution in [0, 0.1) is 13.8 Å². The largest absolute Gasteiger partial charge is 0.497 e. The highest BCUT2D eigenvalue weighted by Crippen LogP contribution is 2.28. The number of rotatable bonds is 11. The maximum Gasteiger partial charge on any atom is 0.275 e. The van der Waals surface area contributed by atoms with E-state index < -0.39 is 10.0 Å². The van der Waals surface area contributed by atoms with E-state index in [0.29, 0.717) is 29.5 Å². The highest BCUT2D eigenvalue weighted by atomic mass is 32.2. The summed E-state index contributed by atoms with van der Waals surface area (Å²) in [4.78, 5) is 21.3. The van der Waals surface area contributed by atoms with Crippen LogP contribution in [0.5, 0.6) is 5.75 Å². The summed E-state index contributed by atoms with van der Waals surface area (Å²) < 4.78 is 43.8. The minimum absolute atomic E-state index is 0.117. The average Bonchev–Trinajstić information content (AvgIpc) is 3.34. The molecule has 0 bridgehead atoms. The topological polar surface area (TPSA) is 105 Å². The molecule has 3 aromatic rings. The lowest BCUT2D eigenvalue weighted by Crippen LogP contribution is -2.50. The summed E-state index contributed by atoms with van der Waals surface area (Å²) >= 11 is 0. The third-order valence-electron chi connectivity index (χ3n) is 6.92. The van der Waals surface area contributed by atoms with Gasteiger partial charge < -0.3 is 18.8 Å². The van der Waals surface area contributed by atoms with Crippen LogP contribution >= 0.6 is 0 Å². The zero-order valence-corrected chi connectivity index (χ0v) is 24.1. The minimum atomic E-state index is -3.83. The van der Waals surface area contributed by atoms with Crippen molar-refractivity contribution >= 4 is 15.9 Å². The van der Waals surface area contributed by atoms with Gasteiger partial charge in [-0.05, 0) is 48.2 Å². The highest BCUT2D eigenvalue weighted by Gasteiger charge is 2.28. The van der Waals surface area contributed by atoms with E-state index in [1.54, 1.807) is 45.0 Å². The Kier molecular flexibility index (Phi) is 8.75. The second kappa shape index (κ2) is 11.9. The van der Waals surface area contributed by atoms with Crippen LogP contribution < -0.4 is 4.74 Å². The van der Waals surface area contributed by atoms with Gasteiger partial charge in [0.2, 0.25) is 15.9 Å². The molecule has 1 aromatic heterocycles. The SMILES string of the molecule is COc1cc(C)c(S(=O)(=O)N(C)Cc2nc(C(=O)N(C)Cc3ccc(CN4CC(OC)C4)cc3)co2)c(C)c1. The molecule has 1 aliphatic rings. The molecule has 11 heteroatoms. The van der Waals surface area contributed by atoms with Crippen molar-refractivity contribution in [2.24, 2.45) is 0 Å². The number of hydrogen-bond acceptors (Lipinski definition) is 8.